The molecular weight excluding hydrogens is 320 g/mol. The Morgan fingerprint density at radius 3 is 2.73 bits per heavy atom. The average Bonchev–Trinajstić information content (AvgIpc) is 3.14. The van der Waals surface area contributed by atoms with Crippen molar-refractivity contribution < 1.29 is 8.83 Å². The third kappa shape index (κ3) is 3.53. The highest BCUT2D eigenvalue weighted by atomic mass is 35.5. The maximum atomic E-state index is 5.82. The molecule has 0 aliphatic heterocycles. The molecule has 0 amide bonds. The van der Waals surface area contributed by atoms with Gasteiger partial charge in [0.05, 0.1) is 17.6 Å². The minimum absolute atomic E-state index is 0.458. The van der Waals surface area contributed by atoms with Crippen LogP contribution in [0.4, 0.5) is 0 Å². The summed E-state index contributed by atoms with van der Waals surface area (Å²) < 4.78 is 10.8. The molecule has 0 saturated heterocycles. The molecule has 2 aromatic heterocycles. The molecule has 0 aliphatic carbocycles. The Labute approximate surface area is 136 Å². The normalized spacial score (nSPS) is 10.3. The summed E-state index contributed by atoms with van der Waals surface area (Å²) in [5.74, 6) is 7.87. The molecule has 0 fully saturated rings. The van der Waals surface area contributed by atoms with E-state index >= 15 is 0 Å². The minimum Gasteiger partial charge on any atom is -0.469 e. The summed E-state index contributed by atoms with van der Waals surface area (Å²) in [5, 5.41) is 9.18. The van der Waals surface area contributed by atoms with E-state index in [-0.39, 0.29) is 0 Å². The van der Waals surface area contributed by atoms with Gasteiger partial charge in [-0.15, -0.1) is 10.2 Å². The Hall–Kier alpha value is -2.16. The summed E-state index contributed by atoms with van der Waals surface area (Å²) in [4.78, 5) is 0. The summed E-state index contributed by atoms with van der Waals surface area (Å²) >= 11 is 7.22. The van der Waals surface area contributed by atoms with Gasteiger partial charge in [0.15, 0.2) is 0 Å². The maximum Gasteiger partial charge on any atom is 0.277 e. The van der Waals surface area contributed by atoms with Crippen LogP contribution in [0, 0.1) is 18.8 Å². The van der Waals surface area contributed by atoms with E-state index in [1.54, 1.807) is 12.3 Å². The average molecular weight is 331 g/mol. The van der Waals surface area contributed by atoms with Gasteiger partial charge in [-0.2, -0.15) is 0 Å². The van der Waals surface area contributed by atoms with E-state index in [0.29, 0.717) is 21.9 Å². The highest BCUT2D eigenvalue weighted by molar-refractivity contribution is 7.99. The van der Waals surface area contributed by atoms with E-state index in [1.807, 2.05) is 31.2 Å². The van der Waals surface area contributed by atoms with Crippen LogP contribution in [0.1, 0.15) is 11.3 Å². The van der Waals surface area contributed by atoms with Crippen molar-refractivity contribution in [3.05, 3.63) is 52.9 Å². The molecule has 4 nitrogen and oxygen atoms in total. The number of nitrogens with zero attached hydrogens (tertiary/aromatic N) is 2. The lowest BCUT2D eigenvalue weighted by Crippen LogP contribution is -1.77. The zero-order valence-corrected chi connectivity index (χ0v) is 13.2. The zero-order valence-electron chi connectivity index (χ0n) is 11.7. The van der Waals surface area contributed by atoms with E-state index in [0.717, 1.165) is 16.9 Å². The smallest absolute Gasteiger partial charge is 0.277 e. The van der Waals surface area contributed by atoms with E-state index in [2.05, 4.69) is 22.0 Å². The van der Waals surface area contributed by atoms with Gasteiger partial charge in [-0.1, -0.05) is 35.2 Å². The van der Waals surface area contributed by atoms with E-state index < -0.39 is 0 Å². The van der Waals surface area contributed by atoms with Gasteiger partial charge >= 0.3 is 0 Å². The largest absolute Gasteiger partial charge is 0.469 e. The molecule has 6 heteroatoms. The first-order valence-corrected chi connectivity index (χ1v) is 7.84. The van der Waals surface area contributed by atoms with Crippen molar-refractivity contribution in [3.63, 3.8) is 0 Å². The molecule has 2 heterocycles. The third-order valence-corrected chi connectivity index (χ3v) is 3.79. The predicted molar refractivity (Wildman–Crippen MR) is 85.8 cm³/mol. The van der Waals surface area contributed by atoms with Gasteiger partial charge in [0.1, 0.15) is 5.76 Å². The first-order valence-electron chi connectivity index (χ1n) is 6.47. The summed E-state index contributed by atoms with van der Waals surface area (Å²) in [7, 11) is 0. The molecule has 110 valence electrons. The van der Waals surface area contributed by atoms with Crippen LogP contribution in [-0.2, 0) is 0 Å². The van der Waals surface area contributed by atoms with Crippen molar-refractivity contribution in [3.8, 4) is 23.3 Å². The zero-order chi connectivity index (χ0) is 15.4. The lowest BCUT2D eigenvalue weighted by molar-refractivity contribution is 0.464. The van der Waals surface area contributed by atoms with Crippen LogP contribution >= 0.6 is 23.4 Å². The van der Waals surface area contributed by atoms with Crippen LogP contribution in [0.25, 0.3) is 11.5 Å². The Bertz CT molecular complexity index is 828. The van der Waals surface area contributed by atoms with Gasteiger partial charge in [-0.25, -0.2) is 0 Å². The highest BCUT2D eigenvalue weighted by Gasteiger charge is 2.12. The summed E-state index contributed by atoms with van der Waals surface area (Å²) in [5.41, 5.74) is 1.73. The molecule has 0 spiro atoms. The fourth-order valence-corrected chi connectivity index (χ4v) is 2.38. The number of halogens is 1. The van der Waals surface area contributed by atoms with Crippen molar-refractivity contribution in [2.24, 2.45) is 0 Å². The standard InChI is InChI=1S/C16H11ClN2O2S/c1-11-14(8-9-20-11)15-18-19-16(21-15)22-10-2-3-12-4-6-13(17)7-5-12/h4-9H,10H2,1H3. The van der Waals surface area contributed by atoms with Gasteiger partial charge in [0.25, 0.3) is 11.1 Å². The molecule has 0 aliphatic rings. The fraction of sp³-hybridized carbons (Fsp3) is 0.125. The van der Waals surface area contributed by atoms with Crippen LogP contribution in [0.3, 0.4) is 0 Å². The van der Waals surface area contributed by atoms with Crippen LogP contribution in [0.15, 0.2) is 50.7 Å². The second-order valence-electron chi connectivity index (χ2n) is 4.36. The van der Waals surface area contributed by atoms with Gasteiger partial charge in [0.2, 0.25) is 0 Å². The molecule has 3 rings (SSSR count). The number of aryl methyl sites for hydroxylation is 1. The lowest BCUT2D eigenvalue weighted by atomic mass is 10.2. The molecule has 0 N–H and O–H groups in total. The molecule has 0 bridgehead atoms. The molecule has 0 saturated carbocycles. The second kappa shape index (κ2) is 6.73. The predicted octanol–water partition coefficient (Wildman–Crippen LogP) is 4.44. The molecular formula is C16H11ClN2O2S. The van der Waals surface area contributed by atoms with E-state index in [9.17, 15) is 0 Å². The number of furan rings is 1. The number of thioether (sulfide) groups is 1. The van der Waals surface area contributed by atoms with Gasteiger partial charge in [-0.3, -0.25) is 0 Å². The van der Waals surface area contributed by atoms with Crippen molar-refractivity contribution in [1.29, 1.82) is 0 Å². The van der Waals surface area contributed by atoms with Gasteiger partial charge in [-0.05, 0) is 37.3 Å². The minimum atomic E-state index is 0.458. The Morgan fingerprint density at radius 1 is 1.18 bits per heavy atom. The number of hydrogen-bond donors (Lipinski definition) is 0. The second-order valence-corrected chi connectivity index (χ2v) is 5.72. The van der Waals surface area contributed by atoms with Crippen LogP contribution in [-0.4, -0.2) is 16.0 Å². The monoisotopic (exact) mass is 330 g/mol. The van der Waals surface area contributed by atoms with Crippen LogP contribution < -0.4 is 0 Å². The van der Waals surface area contributed by atoms with Gasteiger partial charge < -0.3 is 8.83 Å². The highest BCUT2D eigenvalue weighted by Crippen LogP contribution is 2.25. The summed E-state index contributed by atoms with van der Waals surface area (Å²) in [6.07, 6.45) is 1.60. The number of aromatic nitrogens is 2. The summed E-state index contributed by atoms with van der Waals surface area (Å²) in [6, 6.07) is 9.20. The first kappa shape index (κ1) is 14.8. The Balaban J connectivity index is 1.60. The van der Waals surface area contributed by atoms with Crippen LogP contribution in [0.2, 0.25) is 5.02 Å². The summed E-state index contributed by atoms with van der Waals surface area (Å²) in [6.45, 7) is 1.85. The molecule has 3 aromatic rings. The van der Waals surface area contributed by atoms with E-state index in [4.69, 9.17) is 20.4 Å². The van der Waals surface area contributed by atoms with Crippen molar-refractivity contribution in [2.45, 2.75) is 12.1 Å². The molecule has 0 radical (unpaired) electrons. The van der Waals surface area contributed by atoms with Crippen LogP contribution in [0.5, 0.6) is 0 Å². The number of hydrogen-bond acceptors (Lipinski definition) is 5. The Kier molecular flexibility index (Phi) is 4.52. The molecule has 0 unspecified atom stereocenters. The maximum absolute atomic E-state index is 5.82. The first-order chi connectivity index (χ1) is 10.7. The van der Waals surface area contributed by atoms with Crippen molar-refractivity contribution in [2.75, 3.05) is 5.75 Å². The molecule has 0 atom stereocenters. The Morgan fingerprint density at radius 2 is 2.00 bits per heavy atom. The number of rotatable bonds is 3. The fourth-order valence-electron chi connectivity index (χ4n) is 1.75. The van der Waals surface area contributed by atoms with E-state index in [1.165, 1.54) is 11.8 Å². The molecule has 22 heavy (non-hydrogen) atoms. The number of benzene rings is 1. The molecule has 1 aromatic carbocycles. The quantitative estimate of drug-likeness (QED) is 0.525. The van der Waals surface area contributed by atoms with Gasteiger partial charge in [0, 0.05) is 10.6 Å². The van der Waals surface area contributed by atoms with Crippen molar-refractivity contribution in [1.82, 2.24) is 10.2 Å². The third-order valence-electron chi connectivity index (χ3n) is 2.84. The SMILES string of the molecule is Cc1occc1-c1nnc(SCC#Cc2ccc(Cl)cc2)o1. The lowest BCUT2D eigenvalue weighted by Gasteiger charge is -1.91. The topological polar surface area (TPSA) is 52.1 Å². The van der Waals surface area contributed by atoms with Crippen molar-refractivity contribution >= 4 is 23.4 Å².